The van der Waals surface area contributed by atoms with Crippen molar-refractivity contribution in [1.82, 2.24) is 9.78 Å². The van der Waals surface area contributed by atoms with E-state index < -0.39 is 0 Å². The largest absolute Gasteiger partial charge is 0.485 e. The van der Waals surface area contributed by atoms with Crippen LogP contribution in [-0.4, -0.2) is 27.6 Å². The lowest BCUT2D eigenvalue weighted by molar-refractivity contribution is 0.0560. The van der Waals surface area contributed by atoms with Crippen LogP contribution >= 0.6 is 0 Å². The van der Waals surface area contributed by atoms with Crippen LogP contribution in [0, 0.1) is 17.3 Å². The molecule has 4 heteroatoms. The van der Waals surface area contributed by atoms with Crippen molar-refractivity contribution in [2.45, 2.75) is 32.9 Å². The number of nitrogens with zero attached hydrogens (tertiary/aromatic N) is 2. The van der Waals surface area contributed by atoms with Crippen LogP contribution in [0.5, 0.6) is 0 Å². The molecule has 1 aromatic heterocycles. The molecule has 2 aromatic carbocycles. The number of aliphatic hydroxyl groups is 1. The molecule has 2 aliphatic rings. The maximum Gasteiger partial charge on any atom is 0.144 e. The maximum absolute atomic E-state index is 9.91. The van der Waals surface area contributed by atoms with Gasteiger partial charge in [-0.05, 0) is 35.5 Å². The molecule has 5 rings (SSSR count). The number of aliphatic hydroxyl groups excluding tert-OH is 1. The van der Waals surface area contributed by atoms with Crippen LogP contribution in [0.3, 0.4) is 0 Å². The van der Waals surface area contributed by atoms with E-state index in [1.807, 2.05) is 22.9 Å². The third kappa shape index (κ3) is 2.75. The van der Waals surface area contributed by atoms with Gasteiger partial charge in [-0.25, -0.2) is 0 Å². The van der Waals surface area contributed by atoms with Gasteiger partial charge in [0, 0.05) is 11.3 Å². The van der Waals surface area contributed by atoms with Crippen molar-refractivity contribution in [3.05, 3.63) is 71.9 Å². The van der Waals surface area contributed by atoms with Crippen molar-refractivity contribution in [2.24, 2.45) is 17.3 Å². The third-order valence-electron chi connectivity index (χ3n) is 6.73. The van der Waals surface area contributed by atoms with Crippen molar-refractivity contribution in [2.75, 3.05) is 6.61 Å². The topological polar surface area (TPSA) is 47.3 Å². The minimum absolute atomic E-state index is 0.0373. The van der Waals surface area contributed by atoms with Gasteiger partial charge in [0.15, 0.2) is 0 Å². The molecule has 28 heavy (non-hydrogen) atoms. The average molecular weight is 374 g/mol. The van der Waals surface area contributed by atoms with Crippen molar-refractivity contribution in [1.29, 1.82) is 0 Å². The normalized spacial score (nSPS) is 29.0. The lowest BCUT2D eigenvalue weighted by atomic mass is 9.85. The summed E-state index contributed by atoms with van der Waals surface area (Å²) in [6.07, 6.45) is 3.22. The SMILES string of the molecule is CC1CC1(C)C1C=C(c2nn(Cc3ccccc3)c3ccccc23)OC1CO. The van der Waals surface area contributed by atoms with E-state index >= 15 is 0 Å². The number of hydrogen-bond acceptors (Lipinski definition) is 3. The predicted octanol–water partition coefficient (Wildman–Crippen LogP) is 4.48. The zero-order valence-electron chi connectivity index (χ0n) is 16.4. The van der Waals surface area contributed by atoms with Crippen LogP contribution in [-0.2, 0) is 11.3 Å². The molecule has 1 aliphatic carbocycles. The van der Waals surface area contributed by atoms with Gasteiger partial charge in [0.1, 0.15) is 17.6 Å². The fourth-order valence-corrected chi connectivity index (χ4v) is 4.70. The van der Waals surface area contributed by atoms with Crippen molar-refractivity contribution >= 4 is 16.7 Å². The fourth-order valence-electron chi connectivity index (χ4n) is 4.70. The maximum atomic E-state index is 9.91. The van der Waals surface area contributed by atoms with E-state index in [9.17, 15) is 5.11 Å². The smallest absolute Gasteiger partial charge is 0.144 e. The second kappa shape index (κ2) is 6.49. The van der Waals surface area contributed by atoms with E-state index in [4.69, 9.17) is 9.84 Å². The lowest BCUT2D eigenvalue weighted by Crippen LogP contribution is -2.28. The molecule has 4 unspecified atom stereocenters. The summed E-state index contributed by atoms with van der Waals surface area (Å²) < 4.78 is 8.28. The second-order valence-electron chi connectivity index (χ2n) is 8.52. The molecule has 0 spiro atoms. The number of aromatic nitrogens is 2. The van der Waals surface area contributed by atoms with E-state index in [-0.39, 0.29) is 24.0 Å². The monoisotopic (exact) mass is 374 g/mol. The van der Waals surface area contributed by atoms with Gasteiger partial charge in [-0.15, -0.1) is 0 Å². The molecule has 144 valence electrons. The van der Waals surface area contributed by atoms with Gasteiger partial charge in [-0.2, -0.15) is 5.10 Å². The number of benzene rings is 2. The summed E-state index contributed by atoms with van der Waals surface area (Å²) in [5, 5.41) is 15.9. The summed E-state index contributed by atoms with van der Waals surface area (Å²) in [4.78, 5) is 0. The van der Waals surface area contributed by atoms with Crippen LogP contribution in [0.25, 0.3) is 16.7 Å². The van der Waals surface area contributed by atoms with Crippen LogP contribution in [0.1, 0.15) is 31.5 Å². The number of rotatable bonds is 5. The molecular formula is C24H26N2O2. The average Bonchev–Trinajstić information content (AvgIpc) is 3.07. The van der Waals surface area contributed by atoms with E-state index in [2.05, 4.69) is 56.3 Å². The number of ether oxygens (including phenoxy) is 1. The number of para-hydroxylation sites is 1. The summed E-state index contributed by atoms with van der Waals surface area (Å²) in [5.74, 6) is 1.71. The molecular weight excluding hydrogens is 348 g/mol. The molecule has 4 atom stereocenters. The van der Waals surface area contributed by atoms with Crippen LogP contribution in [0.4, 0.5) is 0 Å². The molecule has 1 aliphatic heterocycles. The first-order chi connectivity index (χ1) is 13.6. The van der Waals surface area contributed by atoms with Gasteiger partial charge in [0.05, 0.1) is 18.7 Å². The quantitative estimate of drug-likeness (QED) is 0.716. The van der Waals surface area contributed by atoms with Crippen molar-refractivity contribution < 1.29 is 9.84 Å². The molecule has 2 heterocycles. The molecule has 3 aromatic rings. The van der Waals surface area contributed by atoms with Gasteiger partial charge in [0.2, 0.25) is 0 Å². The molecule has 0 saturated heterocycles. The second-order valence-corrected chi connectivity index (χ2v) is 8.52. The highest BCUT2D eigenvalue weighted by Crippen LogP contribution is 2.60. The summed E-state index contributed by atoms with van der Waals surface area (Å²) in [7, 11) is 0. The minimum Gasteiger partial charge on any atom is -0.485 e. The summed E-state index contributed by atoms with van der Waals surface area (Å²) in [5.41, 5.74) is 3.41. The zero-order chi connectivity index (χ0) is 19.3. The molecule has 0 amide bonds. The van der Waals surface area contributed by atoms with Gasteiger partial charge < -0.3 is 9.84 Å². The summed E-state index contributed by atoms with van der Waals surface area (Å²) in [6, 6.07) is 18.7. The van der Waals surface area contributed by atoms with E-state index in [0.717, 1.165) is 28.9 Å². The number of fused-ring (bicyclic) bond motifs is 1. The van der Waals surface area contributed by atoms with Crippen molar-refractivity contribution in [3.63, 3.8) is 0 Å². The predicted molar refractivity (Wildman–Crippen MR) is 111 cm³/mol. The first-order valence-electron chi connectivity index (χ1n) is 10.1. The van der Waals surface area contributed by atoms with Gasteiger partial charge in [-0.3, -0.25) is 4.68 Å². The molecule has 1 fully saturated rings. The summed E-state index contributed by atoms with van der Waals surface area (Å²) in [6.45, 7) is 5.34. The van der Waals surface area contributed by atoms with E-state index in [1.54, 1.807) is 0 Å². The van der Waals surface area contributed by atoms with Crippen LogP contribution in [0.15, 0.2) is 60.7 Å². The third-order valence-corrected chi connectivity index (χ3v) is 6.73. The highest BCUT2D eigenvalue weighted by atomic mass is 16.5. The standard InChI is InChI=1S/C24H26N2O2/c1-16-13-24(16,2)19-12-21(28-22(19)15-27)23-18-10-6-7-11-20(18)26(25-23)14-17-8-4-3-5-9-17/h3-12,16,19,22,27H,13-15H2,1-2H3. The highest BCUT2D eigenvalue weighted by Gasteiger charge is 2.56. The first-order valence-corrected chi connectivity index (χ1v) is 10.1. The Bertz CT molecular complexity index is 1040. The zero-order valence-corrected chi connectivity index (χ0v) is 16.4. The summed E-state index contributed by atoms with van der Waals surface area (Å²) >= 11 is 0. The van der Waals surface area contributed by atoms with Gasteiger partial charge in [-0.1, -0.05) is 62.4 Å². The van der Waals surface area contributed by atoms with Crippen molar-refractivity contribution in [3.8, 4) is 0 Å². The van der Waals surface area contributed by atoms with Crippen LogP contribution in [0.2, 0.25) is 0 Å². The van der Waals surface area contributed by atoms with Gasteiger partial charge in [0.25, 0.3) is 0 Å². The highest BCUT2D eigenvalue weighted by molar-refractivity contribution is 5.89. The van der Waals surface area contributed by atoms with Gasteiger partial charge >= 0.3 is 0 Å². The first kappa shape index (κ1) is 17.5. The molecule has 0 radical (unpaired) electrons. The van der Waals surface area contributed by atoms with E-state index in [0.29, 0.717) is 5.92 Å². The Balaban J connectivity index is 1.55. The van der Waals surface area contributed by atoms with Crippen LogP contribution < -0.4 is 0 Å². The molecule has 1 saturated carbocycles. The van der Waals surface area contributed by atoms with E-state index in [1.165, 1.54) is 12.0 Å². The Hall–Kier alpha value is -2.59. The Labute approximate surface area is 165 Å². The lowest BCUT2D eigenvalue weighted by Gasteiger charge is -2.23. The Morgan fingerprint density at radius 2 is 1.86 bits per heavy atom. The number of hydrogen-bond donors (Lipinski definition) is 1. The molecule has 1 N–H and O–H groups in total. The molecule has 4 nitrogen and oxygen atoms in total. The minimum atomic E-state index is -0.178. The Morgan fingerprint density at radius 1 is 1.14 bits per heavy atom. The Morgan fingerprint density at radius 3 is 2.57 bits per heavy atom. The fraction of sp³-hybridized carbons (Fsp3) is 0.375. The Kier molecular flexibility index (Phi) is 4.06. The molecule has 0 bridgehead atoms.